The molecule has 3 rings (SSSR count). The molecule has 1 unspecified atom stereocenters. The van der Waals surface area contributed by atoms with E-state index in [9.17, 15) is 9.18 Å². The normalized spacial score (nSPS) is 17.7. The highest BCUT2D eigenvalue weighted by Gasteiger charge is 2.31. The number of carbonyl (C=O) groups is 1. The van der Waals surface area contributed by atoms with Gasteiger partial charge in [-0.15, -0.1) is 11.8 Å². The molecule has 1 aliphatic rings. The maximum absolute atomic E-state index is 13.0. The van der Waals surface area contributed by atoms with Gasteiger partial charge in [-0.1, -0.05) is 38.1 Å². The Bertz CT molecular complexity index is 682. The number of rotatable bonds is 3. The number of halogens is 1. The summed E-state index contributed by atoms with van der Waals surface area (Å²) in [7, 11) is 0. The lowest BCUT2D eigenvalue weighted by molar-refractivity contribution is 0.0760. The molecule has 0 N–H and O–H groups in total. The molecule has 1 atom stereocenters. The minimum atomic E-state index is -0.321. The number of amides is 1. The first-order valence-electron chi connectivity index (χ1n) is 7.84. The summed E-state index contributed by atoms with van der Waals surface area (Å²) < 4.78 is 13.0. The van der Waals surface area contributed by atoms with Gasteiger partial charge in [0.05, 0.1) is 0 Å². The summed E-state index contributed by atoms with van der Waals surface area (Å²) >= 11 is 1.77. The van der Waals surface area contributed by atoms with Crippen molar-refractivity contribution >= 4 is 17.7 Å². The fraction of sp³-hybridized carbons (Fsp3) is 0.316. The monoisotopic (exact) mass is 329 g/mol. The highest BCUT2D eigenvalue weighted by Crippen LogP contribution is 2.39. The Balaban J connectivity index is 1.82. The number of hydrogen-bond donors (Lipinski definition) is 0. The van der Waals surface area contributed by atoms with Crippen molar-refractivity contribution in [3.63, 3.8) is 0 Å². The Morgan fingerprint density at radius 3 is 2.39 bits per heavy atom. The van der Waals surface area contributed by atoms with Crippen molar-refractivity contribution < 1.29 is 9.18 Å². The van der Waals surface area contributed by atoms with E-state index in [4.69, 9.17) is 0 Å². The Kier molecular flexibility index (Phi) is 4.71. The zero-order chi connectivity index (χ0) is 16.4. The second-order valence-corrected chi connectivity index (χ2v) is 7.24. The largest absolute Gasteiger partial charge is 0.322 e. The van der Waals surface area contributed by atoms with Gasteiger partial charge in [0.15, 0.2) is 0 Å². The molecule has 1 heterocycles. The van der Waals surface area contributed by atoms with E-state index in [1.807, 2.05) is 4.90 Å². The van der Waals surface area contributed by atoms with Crippen LogP contribution in [-0.2, 0) is 0 Å². The van der Waals surface area contributed by atoms with E-state index in [2.05, 4.69) is 38.1 Å². The van der Waals surface area contributed by atoms with Gasteiger partial charge < -0.3 is 4.90 Å². The van der Waals surface area contributed by atoms with Crippen molar-refractivity contribution in [2.24, 2.45) is 0 Å². The van der Waals surface area contributed by atoms with Gasteiger partial charge >= 0.3 is 0 Å². The Labute approximate surface area is 140 Å². The van der Waals surface area contributed by atoms with Crippen molar-refractivity contribution in [3.05, 3.63) is 71.0 Å². The maximum atomic E-state index is 13.0. The van der Waals surface area contributed by atoms with Crippen molar-refractivity contribution in [3.8, 4) is 0 Å². The molecule has 1 aliphatic heterocycles. The molecule has 0 bridgehead atoms. The standard InChI is InChI=1S/C19H20FNOS/c1-13(2)14-3-5-16(6-4-14)19-21(11-12-23-19)18(22)15-7-9-17(20)10-8-15/h3-10,13,19H,11-12H2,1-2H3. The zero-order valence-corrected chi connectivity index (χ0v) is 14.1. The van der Waals surface area contributed by atoms with Gasteiger partial charge in [-0.05, 0) is 41.3 Å². The summed E-state index contributed by atoms with van der Waals surface area (Å²) in [5.41, 5.74) is 2.98. The smallest absolute Gasteiger partial charge is 0.255 e. The van der Waals surface area contributed by atoms with Gasteiger partial charge in [0, 0.05) is 17.9 Å². The molecule has 2 aromatic rings. The van der Waals surface area contributed by atoms with Gasteiger partial charge in [0.1, 0.15) is 11.2 Å². The second-order valence-electron chi connectivity index (χ2n) is 6.05. The molecule has 1 amide bonds. The summed E-state index contributed by atoms with van der Waals surface area (Å²) in [6.45, 7) is 5.06. The predicted molar refractivity (Wildman–Crippen MR) is 93.2 cm³/mol. The van der Waals surface area contributed by atoms with Crippen LogP contribution in [0.5, 0.6) is 0 Å². The van der Waals surface area contributed by atoms with Gasteiger partial charge in [-0.2, -0.15) is 0 Å². The third-order valence-electron chi connectivity index (χ3n) is 4.13. The molecule has 120 valence electrons. The first-order valence-corrected chi connectivity index (χ1v) is 8.89. The van der Waals surface area contributed by atoms with Gasteiger partial charge in [-0.25, -0.2) is 4.39 Å². The molecule has 2 nitrogen and oxygen atoms in total. The summed E-state index contributed by atoms with van der Waals surface area (Å²) in [4.78, 5) is 14.6. The second kappa shape index (κ2) is 6.75. The molecule has 23 heavy (non-hydrogen) atoms. The van der Waals surface area contributed by atoms with Gasteiger partial charge in [0.25, 0.3) is 5.91 Å². The molecule has 0 radical (unpaired) electrons. The molecule has 0 aliphatic carbocycles. The van der Waals surface area contributed by atoms with Crippen LogP contribution >= 0.6 is 11.8 Å². The fourth-order valence-corrected chi connectivity index (χ4v) is 4.01. The molecule has 0 saturated carbocycles. The van der Waals surface area contributed by atoms with Crippen molar-refractivity contribution in [2.45, 2.75) is 25.1 Å². The van der Waals surface area contributed by atoms with Crippen molar-refractivity contribution in [1.29, 1.82) is 0 Å². The number of hydrogen-bond acceptors (Lipinski definition) is 2. The summed E-state index contributed by atoms with van der Waals surface area (Å²) in [5, 5.41) is 0.0359. The van der Waals surface area contributed by atoms with Crippen LogP contribution in [-0.4, -0.2) is 23.1 Å². The SMILES string of the molecule is CC(C)c1ccc(C2SCCN2C(=O)c2ccc(F)cc2)cc1. The van der Waals surface area contributed by atoms with Crippen LogP contribution in [0.25, 0.3) is 0 Å². The highest BCUT2D eigenvalue weighted by atomic mass is 32.2. The first kappa shape index (κ1) is 16.1. The van der Waals surface area contributed by atoms with E-state index >= 15 is 0 Å². The fourth-order valence-electron chi connectivity index (χ4n) is 2.76. The Hall–Kier alpha value is -1.81. The lowest BCUT2D eigenvalue weighted by Gasteiger charge is -2.24. The van der Waals surface area contributed by atoms with Crippen LogP contribution in [0.2, 0.25) is 0 Å². The molecule has 1 saturated heterocycles. The van der Waals surface area contributed by atoms with E-state index < -0.39 is 0 Å². The third-order valence-corrected chi connectivity index (χ3v) is 5.39. The zero-order valence-electron chi connectivity index (χ0n) is 13.3. The van der Waals surface area contributed by atoms with Gasteiger partial charge in [0.2, 0.25) is 0 Å². The molecular weight excluding hydrogens is 309 g/mol. The number of benzene rings is 2. The average molecular weight is 329 g/mol. The topological polar surface area (TPSA) is 20.3 Å². The van der Waals surface area contributed by atoms with E-state index in [0.29, 0.717) is 11.5 Å². The predicted octanol–water partition coefficient (Wildman–Crippen LogP) is 4.84. The summed E-state index contributed by atoms with van der Waals surface area (Å²) in [6, 6.07) is 14.3. The quantitative estimate of drug-likeness (QED) is 0.803. The minimum absolute atomic E-state index is 0.0343. The molecular formula is C19H20FNOS. The molecule has 0 spiro atoms. The van der Waals surface area contributed by atoms with Crippen LogP contribution in [0.15, 0.2) is 48.5 Å². The van der Waals surface area contributed by atoms with Crippen molar-refractivity contribution in [2.75, 3.05) is 12.3 Å². The average Bonchev–Trinajstić information content (AvgIpc) is 3.04. The van der Waals surface area contributed by atoms with E-state index in [-0.39, 0.29) is 17.1 Å². The minimum Gasteiger partial charge on any atom is -0.322 e. The Morgan fingerprint density at radius 1 is 1.13 bits per heavy atom. The number of nitrogens with zero attached hydrogens (tertiary/aromatic N) is 1. The lowest BCUT2D eigenvalue weighted by atomic mass is 10.0. The summed E-state index contributed by atoms with van der Waals surface area (Å²) in [6.07, 6.45) is 0. The number of carbonyl (C=O) groups excluding carboxylic acids is 1. The summed E-state index contributed by atoms with van der Waals surface area (Å²) in [5.74, 6) is 1.06. The van der Waals surface area contributed by atoms with E-state index in [1.165, 1.54) is 17.7 Å². The van der Waals surface area contributed by atoms with Crippen LogP contribution < -0.4 is 0 Å². The van der Waals surface area contributed by atoms with E-state index in [1.54, 1.807) is 23.9 Å². The first-order chi connectivity index (χ1) is 11.1. The highest BCUT2D eigenvalue weighted by molar-refractivity contribution is 7.99. The van der Waals surface area contributed by atoms with E-state index in [0.717, 1.165) is 17.9 Å². The third kappa shape index (κ3) is 3.42. The van der Waals surface area contributed by atoms with Crippen LogP contribution in [0.3, 0.4) is 0 Å². The van der Waals surface area contributed by atoms with Crippen molar-refractivity contribution in [1.82, 2.24) is 4.90 Å². The Morgan fingerprint density at radius 2 is 1.78 bits per heavy atom. The number of thioether (sulfide) groups is 1. The van der Waals surface area contributed by atoms with Crippen LogP contribution in [0.1, 0.15) is 46.6 Å². The molecule has 4 heteroatoms. The van der Waals surface area contributed by atoms with Crippen LogP contribution in [0.4, 0.5) is 4.39 Å². The molecule has 1 fully saturated rings. The lowest BCUT2D eigenvalue weighted by Crippen LogP contribution is -2.30. The van der Waals surface area contributed by atoms with Gasteiger partial charge in [-0.3, -0.25) is 4.79 Å². The maximum Gasteiger partial charge on any atom is 0.255 e. The molecule has 2 aromatic carbocycles. The molecule has 0 aromatic heterocycles. The van der Waals surface area contributed by atoms with Crippen LogP contribution in [0, 0.1) is 5.82 Å².